The number of fused-ring (bicyclic) bond motifs is 1. The molecule has 0 saturated carbocycles. The van der Waals surface area contributed by atoms with E-state index in [1.54, 1.807) is 47.2 Å². The van der Waals surface area contributed by atoms with Gasteiger partial charge in [-0.3, -0.25) is 9.13 Å². The van der Waals surface area contributed by atoms with Gasteiger partial charge in [0, 0.05) is 12.7 Å². The van der Waals surface area contributed by atoms with Crippen LogP contribution >= 0.6 is 0 Å². The maximum absolute atomic E-state index is 13.4. The van der Waals surface area contributed by atoms with E-state index < -0.39 is 0 Å². The van der Waals surface area contributed by atoms with Gasteiger partial charge in [-0.15, -0.1) is 0 Å². The molecule has 5 rings (SSSR count). The number of nitriles is 1. The number of aromatic hydroxyl groups is 2. The van der Waals surface area contributed by atoms with E-state index >= 15 is 0 Å². The van der Waals surface area contributed by atoms with E-state index in [4.69, 9.17) is 5.26 Å². The van der Waals surface area contributed by atoms with Crippen molar-refractivity contribution in [3.63, 3.8) is 0 Å². The predicted molar refractivity (Wildman–Crippen MR) is 115 cm³/mol. The number of rotatable bonds is 3. The summed E-state index contributed by atoms with van der Waals surface area (Å²) in [5, 5.41) is 33.0. The number of nitrogens with zero attached hydrogens (tertiary/aromatic N) is 4. The first-order valence-corrected chi connectivity index (χ1v) is 9.94. The summed E-state index contributed by atoms with van der Waals surface area (Å²) in [5.74, 6) is -0.168. The third-order valence-electron chi connectivity index (χ3n) is 5.70. The van der Waals surface area contributed by atoms with Gasteiger partial charge in [-0.25, -0.2) is 9.78 Å². The first-order valence-electron chi connectivity index (χ1n) is 9.94. The summed E-state index contributed by atoms with van der Waals surface area (Å²) in [6.45, 7) is 1.54. The minimum atomic E-state index is -0.248. The van der Waals surface area contributed by atoms with E-state index in [9.17, 15) is 15.0 Å². The minimum absolute atomic E-state index is 0.00830. The van der Waals surface area contributed by atoms with E-state index in [1.807, 2.05) is 12.1 Å². The zero-order chi connectivity index (χ0) is 21.5. The van der Waals surface area contributed by atoms with Crippen LogP contribution in [0.1, 0.15) is 18.0 Å². The number of hydrogen-bond acceptors (Lipinski definition) is 6. The summed E-state index contributed by atoms with van der Waals surface area (Å²) >= 11 is 0. The van der Waals surface area contributed by atoms with Crippen molar-refractivity contribution in [2.75, 3.05) is 13.1 Å². The largest absolute Gasteiger partial charge is 0.507 e. The lowest BCUT2D eigenvalue weighted by molar-refractivity contribution is 0.471. The van der Waals surface area contributed by atoms with Crippen LogP contribution in [0, 0.1) is 11.3 Å². The highest BCUT2D eigenvalue weighted by atomic mass is 16.3. The molecule has 0 radical (unpaired) electrons. The fraction of sp³-hybridized carbons (Fsp3) is 0.174. The lowest BCUT2D eigenvalue weighted by Crippen LogP contribution is -2.28. The van der Waals surface area contributed by atoms with E-state index in [1.165, 1.54) is 10.6 Å². The Balaban J connectivity index is 1.66. The molecule has 1 saturated heterocycles. The highest BCUT2D eigenvalue weighted by molar-refractivity contribution is 5.77. The summed E-state index contributed by atoms with van der Waals surface area (Å²) < 4.78 is 3.18. The zero-order valence-corrected chi connectivity index (χ0v) is 16.5. The molecule has 0 amide bonds. The lowest BCUT2D eigenvalue weighted by atomic mass is 10.0. The second-order valence-electron chi connectivity index (χ2n) is 7.53. The topological polar surface area (TPSA) is 116 Å². The summed E-state index contributed by atoms with van der Waals surface area (Å²) in [5.41, 5.74) is 2.80. The van der Waals surface area contributed by atoms with Crippen LogP contribution in [0.3, 0.4) is 0 Å². The van der Waals surface area contributed by atoms with Gasteiger partial charge in [-0.1, -0.05) is 12.1 Å². The van der Waals surface area contributed by atoms with Crippen LogP contribution in [0.4, 0.5) is 0 Å². The molecule has 3 heterocycles. The molecule has 8 heteroatoms. The summed E-state index contributed by atoms with van der Waals surface area (Å²) in [7, 11) is 0. The van der Waals surface area contributed by atoms with Crippen LogP contribution in [0.5, 0.6) is 11.5 Å². The minimum Gasteiger partial charge on any atom is -0.507 e. The maximum atomic E-state index is 13.4. The Bertz CT molecular complexity index is 1410. The quantitative estimate of drug-likeness (QED) is 0.476. The molecule has 1 atom stereocenters. The van der Waals surface area contributed by atoms with Gasteiger partial charge in [0.1, 0.15) is 17.6 Å². The van der Waals surface area contributed by atoms with Gasteiger partial charge >= 0.3 is 5.69 Å². The van der Waals surface area contributed by atoms with Crippen LogP contribution in [0.2, 0.25) is 0 Å². The van der Waals surface area contributed by atoms with E-state index in [0.29, 0.717) is 34.5 Å². The fourth-order valence-corrected chi connectivity index (χ4v) is 4.17. The van der Waals surface area contributed by atoms with Crippen molar-refractivity contribution in [2.24, 2.45) is 0 Å². The molecule has 3 N–H and O–H groups in total. The molecule has 2 aromatic carbocycles. The van der Waals surface area contributed by atoms with Crippen LogP contribution in [0.15, 0.2) is 59.5 Å². The Morgan fingerprint density at radius 2 is 1.90 bits per heavy atom. The molecule has 2 aromatic heterocycles. The van der Waals surface area contributed by atoms with Crippen LogP contribution < -0.4 is 11.0 Å². The number of hydrogen-bond donors (Lipinski definition) is 3. The van der Waals surface area contributed by atoms with Gasteiger partial charge in [0.2, 0.25) is 0 Å². The predicted octanol–water partition coefficient (Wildman–Crippen LogP) is 2.67. The third kappa shape index (κ3) is 3.03. The van der Waals surface area contributed by atoms with Crippen molar-refractivity contribution in [1.29, 1.82) is 5.26 Å². The molecule has 1 aliphatic rings. The second-order valence-corrected chi connectivity index (χ2v) is 7.53. The number of phenols is 2. The van der Waals surface area contributed by atoms with Crippen LogP contribution in [-0.4, -0.2) is 37.4 Å². The van der Waals surface area contributed by atoms with Gasteiger partial charge in [-0.2, -0.15) is 5.26 Å². The number of nitrogens with one attached hydrogen (secondary N) is 1. The Morgan fingerprint density at radius 1 is 1.10 bits per heavy atom. The summed E-state index contributed by atoms with van der Waals surface area (Å²) in [6.07, 6.45) is 2.49. The molecule has 0 aliphatic carbocycles. The van der Waals surface area contributed by atoms with Crippen molar-refractivity contribution in [2.45, 2.75) is 12.5 Å². The van der Waals surface area contributed by atoms with Crippen molar-refractivity contribution >= 4 is 11.2 Å². The molecule has 0 bridgehead atoms. The van der Waals surface area contributed by atoms with E-state index in [2.05, 4.69) is 10.3 Å². The average molecular weight is 413 g/mol. The molecule has 4 aromatic rings. The standard InChI is InChI=1S/C23H19N5O3/c24-12-16-10-14(4-6-20(16)29)15-3-5-18(21(30)11-15)28-19-2-1-8-26-22(19)27(23(28)31)17-7-9-25-13-17/h1-6,8,10-11,17,25,29-30H,7,9,13H2/t17-/m0/s1. The molecule has 1 fully saturated rings. The molecule has 1 aliphatic heterocycles. The Labute approximate surface area is 177 Å². The number of pyridine rings is 1. The Kier molecular flexibility index (Phi) is 4.46. The van der Waals surface area contributed by atoms with Gasteiger partial charge in [0.25, 0.3) is 0 Å². The summed E-state index contributed by atoms with van der Waals surface area (Å²) in [6, 6.07) is 15.2. The van der Waals surface area contributed by atoms with E-state index in [0.717, 1.165) is 13.0 Å². The third-order valence-corrected chi connectivity index (χ3v) is 5.70. The van der Waals surface area contributed by atoms with Crippen molar-refractivity contribution in [3.05, 3.63) is 70.8 Å². The molecule has 31 heavy (non-hydrogen) atoms. The zero-order valence-electron chi connectivity index (χ0n) is 16.5. The van der Waals surface area contributed by atoms with Crippen LogP contribution in [-0.2, 0) is 0 Å². The smallest absolute Gasteiger partial charge is 0.335 e. The van der Waals surface area contributed by atoms with Crippen molar-refractivity contribution < 1.29 is 10.2 Å². The first kappa shape index (κ1) is 18.9. The highest BCUT2D eigenvalue weighted by Crippen LogP contribution is 2.32. The molecule has 0 spiro atoms. The average Bonchev–Trinajstić information content (AvgIpc) is 3.40. The van der Waals surface area contributed by atoms with Crippen molar-refractivity contribution in [3.8, 4) is 34.4 Å². The number of benzene rings is 2. The first-order chi connectivity index (χ1) is 15.1. The number of phenolic OH excluding ortho intramolecular Hbond substituents is 2. The van der Waals surface area contributed by atoms with Crippen LogP contribution in [0.25, 0.3) is 28.0 Å². The number of imidazole rings is 1. The second kappa shape index (κ2) is 7.31. The molecule has 8 nitrogen and oxygen atoms in total. The van der Waals surface area contributed by atoms with Gasteiger partial charge in [0.05, 0.1) is 22.8 Å². The summed E-state index contributed by atoms with van der Waals surface area (Å²) in [4.78, 5) is 17.8. The van der Waals surface area contributed by atoms with Gasteiger partial charge < -0.3 is 15.5 Å². The highest BCUT2D eigenvalue weighted by Gasteiger charge is 2.25. The molecular formula is C23H19N5O3. The maximum Gasteiger partial charge on any atom is 0.335 e. The fourth-order valence-electron chi connectivity index (χ4n) is 4.17. The van der Waals surface area contributed by atoms with Gasteiger partial charge in [0.15, 0.2) is 5.65 Å². The molecule has 154 valence electrons. The Morgan fingerprint density at radius 3 is 2.65 bits per heavy atom. The monoisotopic (exact) mass is 413 g/mol. The molecular weight excluding hydrogens is 394 g/mol. The number of aromatic nitrogens is 3. The Hall–Kier alpha value is -4.09. The van der Waals surface area contributed by atoms with E-state index in [-0.39, 0.29) is 28.8 Å². The van der Waals surface area contributed by atoms with Gasteiger partial charge in [-0.05, 0) is 60.5 Å². The van der Waals surface area contributed by atoms with Crippen molar-refractivity contribution in [1.82, 2.24) is 19.4 Å². The normalized spacial score (nSPS) is 15.9. The SMILES string of the molecule is N#Cc1cc(-c2ccc(-n3c(=O)n([C@H]4CCNC4)c4ncccc43)c(O)c2)ccc1O. The lowest BCUT2D eigenvalue weighted by Gasteiger charge is -2.10. The molecule has 0 unspecified atom stereocenters.